The molecule has 30 atom stereocenters. The molecule has 0 bridgehead atoms. The maximum Gasteiger partial charge on any atom is 0.251 e. The first kappa shape index (κ1) is 80.4. The van der Waals surface area contributed by atoms with Gasteiger partial charge in [0.1, 0.15) is 146 Å². The summed E-state index contributed by atoms with van der Waals surface area (Å²) in [5, 5.41) is 168. The van der Waals surface area contributed by atoms with Gasteiger partial charge in [0.25, 0.3) is 5.91 Å². The van der Waals surface area contributed by atoms with Gasteiger partial charge in [-0.05, 0) is 50.8 Å². The summed E-state index contributed by atoms with van der Waals surface area (Å²) in [5.41, 5.74) is 0.0454. The van der Waals surface area contributed by atoms with Gasteiger partial charge in [0.05, 0.1) is 45.7 Å². The SMILES string of the molecule is CCCCCC/C=C\CCCOc1cccc(C(=O)N[C@H]2C(O[C@H]3C(O)C(NC(C)=O)C(OC4C(CO)O[C@@H](O[C@H]5C(O)C(NC(C)=O)C(OC6C(CO[C@H]7OC(C)C(O)[C@@H](O)[C@@H]7O)OC(O)[C@H](NC(C)=O)[C@H]6O)O[C@@H]5CO)[C@H](NC(C)=O)[C@H]4O)O[C@@H]3CO)OC(CO)[C@H](O)[C@@H]2O)c1. The second-order valence-electron chi connectivity index (χ2n) is 25.1. The van der Waals surface area contributed by atoms with Gasteiger partial charge in [0.15, 0.2) is 37.7 Å². The minimum Gasteiger partial charge on any atom is -0.494 e. The van der Waals surface area contributed by atoms with Crippen LogP contribution in [0, 0.1) is 0 Å². The largest absolute Gasteiger partial charge is 0.494 e. The standard InChI is InChI=1S/C62H99N5O31/c1-7-8-9-10-11-12-13-14-15-19-87-32-18-16-17-31(20-32)56(85)67-39-45(78)44(77)33(21-68)91-58(39)95-52-34(22-69)92-59(40(47(52)80)64-28(4)73)96-53-35(23-70)93-60(41(48(53)81)65-29(5)74)97-54-36(24-71)94-61(42(49(54)82)66-30(6)75)98-55-37(90-57(86)38(46(55)79)63-27(3)72)25-88-62-51(84)50(83)43(76)26(2)89-62/h12-13,16-18,20,26,33-55,57-62,68-71,76-84,86H,7-11,14-15,19,21-25H2,1-6H3,(H,63,72)(H,64,73)(H,65,74)(H,66,75)(H,67,85)/b13-12-/t26?,33?,34-,35?,36-,37?,38-,39-,40?,41-,42?,43?,44+,45-,46-,47?,48-,49?,50-,51+,52-,53?,54-,55?,57?,58?,59?,60+,61?,62+/m1/s1. The van der Waals surface area contributed by atoms with E-state index in [0.29, 0.717) is 18.8 Å². The fourth-order valence-electron chi connectivity index (χ4n) is 12.4. The fourth-order valence-corrected chi connectivity index (χ4v) is 12.4. The van der Waals surface area contributed by atoms with Crippen molar-refractivity contribution >= 4 is 29.5 Å². The summed E-state index contributed by atoms with van der Waals surface area (Å²) in [4.78, 5) is 65.0. The number of aliphatic hydroxyl groups is 14. The molecule has 6 aliphatic heterocycles. The van der Waals surface area contributed by atoms with Gasteiger partial charge in [-0.3, -0.25) is 24.0 Å². The molecule has 0 spiro atoms. The van der Waals surface area contributed by atoms with Gasteiger partial charge in [0, 0.05) is 33.3 Å². The van der Waals surface area contributed by atoms with E-state index >= 15 is 0 Å². The van der Waals surface area contributed by atoms with Crippen molar-refractivity contribution in [2.45, 2.75) is 270 Å². The van der Waals surface area contributed by atoms with Gasteiger partial charge in [-0.1, -0.05) is 44.4 Å². The molecule has 0 aromatic heterocycles. The zero-order chi connectivity index (χ0) is 71.8. The lowest BCUT2D eigenvalue weighted by Crippen LogP contribution is -2.72. The Hall–Kier alpha value is -4.89. The highest BCUT2D eigenvalue weighted by atomic mass is 16.8. The predicted octanol–water partition coefficient (Wildman–Crippen LogP) is -7.37. The number of allylic oxidation sites excluding steroid dienone is 2. The van der Waals surface area contributed by atoms with Gasteiger partial charge in [-0.2, -0.15) is 0 Å². The smallest absolute Gasteiger partial charge is 0.251 e. The van der Waals surface area contributed by atoms with Crippen molar-refractivity contribution in [3.05, 3.63) is 42.0 Å². The van der Waals surface area contributed by atoms with Crippen molar-refractivity contribution in [1.82, 2.24) is 26.6 Å². The molecular formula is C62H99N5O31. The third-order valence-electron chi connectivity index (χ3n) is 17.6. The molecule has 0 aliphatic carbocycles. The summed E-state index contributed by atoms with van der Waals surface area (Å²) in [7, 11) is 0. The zero-order valence-electron chi connectivity index (χ0n) is 55.2. The predicted molar refractivity (Wildman–Crippen MR) is 328 cm³/mol. The van der Waals surface area contributed by atoms with Gasteiger partial charge in [0.2, 0.25) is 23.6 Å². The quantitative estimate of drug-likeness (QED) is 0.0243. The van der Waals surface area contributed by atoms with Gasteiger partial charge < -0.3 is 155 Å². The van der Waals surface area contributed by atoms with E-state index in [0.717, 1.165) is 53.4 Å². The van der Waals surface area contributed by atoms with Crippen LogP contribution in [0.4, 0.5) is 0 Å². The first-order chi connectivity index (χ1) is 46.7. The number of aliphatic hydroxyl groups excluding tert-OH is 14. The van der Waals surface area contributed by atoms with E-state index in [1.165, 1.54) is 31.9 Å². The monoisotopic (exact) mass is 1410 g/mol. The average molecular weight is 1410 g/mol. The molecule has 7 rings (SSSR count). The van der Waals surface area contributed by atoms with E-state index in [4.69, 9.17) is 56.8 Å². The van der Waals surface area contributed by atoms with Crippen LogP contribution >= 0.6 is 0 Å². The van der Waals surface area contributed by atoms with Gasteiger partial charge in [-0.15, -0.1) is 0 Å². The first-order valence-electron chi connectivity index (χ1n) is 32.8. The molecule has 6 saturated heterocycles. The number of ether oxygens (including phenoxy) is 12. The number of hydrogen-bond donors (Lipinski definition) is 19. The molecule has 36 heteroatoms. The number of carbonyl (C=O) groups is 5. The van der Waals surface area contributed by atoms with E-state index < -0.39 is 246 Å². The van der Waals surface area contributed by atoms with E-state index in [2.05, 4.69) is 45.7 Å². The van der Waals surface area contributed by atoms with Crippen LogP contribution in [0.1, 0.15) is 96.8 Å². The third-order valence-corrected chi connectivity index (χ3v) is 17.6. The molecule has 6 fully saturated rings. The van der Waals surface area contributed by atoms with Crippen LogP contribution in [-0.4, -0.2) is 325 Å². The summed E-state index contributed by atoms with van der Waals surface area (Å²) in [5.74, 6) is -3.72. The Morgan fingerprint density at radius 3 is 1.34 bits per heavy atom. The Labute approximate surface area is 564 Å². The van der Waals surface area contributed by atoms with Crippen molar-refractivity contribution in [3.63, 3.8) is 0 Å². The zero-order valence-corrected chi connectivity index (χ0v) is 55.2. The molecule has 1 aromatic carbocycles. The lowest BCUT2D eigenvalue weighted by molar-refractivity contribution is -0.368. The Morgan fingerprint density at radius 2 is 0.878 bits per heavy atom. The normalized spacial score (nSPS) is 39.9. The van der Waals surface area contributed by atoms with Crippen LogP contribution < -0.4 is 31.3 Å². The highest BCUT2D eigenvalue weighted by Crippen LogP contribution is 2.37. The van der Waals surface area contributed by atoms with Crippen molar-refractivity contribution in [3.8, 4) is 5.75 Å². The Bertz CT molecular complexity index is 2710. The van der Waals surface area contributed by atoms with Gasteiger partial charge >= 0.3 is 0 Å². The number of nitrogens with one attached hydrogen (secondary N) is 5. The molecule has 558 valence electrons. The van der Waals surface area contributed by atoms with E-state index in [1.807, 2.05) is 0 Å². The fraction of sp³-hybridized carbons (Fsp3) is 0.790. The minimum absolute atomic E-state index is 0.0454. The molecule has 0 radical (unpaired) electrons. The number of benzene rings is 1. The topological polar surface area (TPSA) is 539 Å². The van der Waals surface area contributed by atoms with E-state index in [9.17, 15) is 95.5 Å². The highest BCUT2D eigenvalue weighted by Gasteiger charge is 2.58. The van der Waals surface area contributed by atoms with Crippen LogP contribution in [0.5, 0.6) is 5.75 Å². The summed E-state index contributed by atoms with van der Waals surface area (Å²) >= 11 is 0. The minimum atomic E-state index is -2.07. The molecular weight excluding hydrogens is 1310 g/mol. The van der Waals surface area contributed by atoms with Crippen LogP contribution in [0.15, 0.2) is 36.4 Å². The Kier molecular flexibility index (Phi) is 31.1. The van der Waals surface area contributed by atoms with Crippen molar-refractivity contribution in [2.75, 3.05) is 39.6 Å². The van der Waals surface area contributed by atoms with Crippen molar-refractivity contribution < 1.29 is 152 Å². The molecule has 19 N–H and O–H groups in total. The lowest BCUT2D eigenvalue weighted by atomic mass is 9.93. The van der Waals surface area contributed by atoms with Gasteiger partial charge in [-0.25, -0.2) is 0 Å². The van der Waals surface area contributed by atoms with Crippen LogP contribution in [0.3, 0.4) is 0 Å². The second kappa shape index (κ2) is 37.9. The number of rotatable bonds is 31. The molecule has 1 aromatic rings. The summed E-state index contributed by atoms with van der Waals surface area (Å²) in [6.45, 7) is 3.29. The van der Waals surface area contributed by atoms with Crippen molar-refractivity contribution in [2.24, 2.45) is 0 Å². The second-order valence-corrected chi connectivity index (χ2v) is 25.1. The van der Waals surface area contributed by atoms with E-state index in [-0.39, 0.29) is 5.56 Å². The molecule has 15 unspecified atom stereocenters. The number of amides is 5. The highest BCUT2D eigenvalue weighted by molar-refractivity contribution is 5.94. The molecule has 6 heterocycles. The Balaban J connectivity index is 1.07. The maximum atomic E-state index is 13.9. The summed E-state index contributed by atoms with van der Waals surface area (Å²) < 4.78 is 71.9. The third kappa shape index (κ3) is 20.5. The van der Waals surface area contributed by atoms with Crippen LogP contribution in [-0.2, 0) is 71.3 Å². The number of unbranched alkanes of at least 4 members (excludes halogenated alkanes) is 5. The molecule has 98 heavy (non-hydrogen) atoms. The Morgan fingerprint density at radius 1 is 0.449 bits per heavy atom. The molecule has 5 amide bonds. The lowest BCUT2D eigenvalue weighted by Gasteiger charge is -2.51. The number of carbonyl (C=O) groups excluding carboxylic acids is 5. The average Bonchev–Trinajstić information content (AvgIpc) is 0.772. The van der Waals surface area contributed by atoms with Crippen LogP contribution in [0.2, 0.25) is 0 Å². The summed E-state index contributed by atoms with van der Waals surface area (Å²) in [6.07, 6.45) is -33.6. The van der Waals surface area contributed by atoms with E-state index in [1.54, 1.807) is 12.1 Å². The molecule has 36 nitrogen and oxygen atoms in total. The molecule has 0 saturated carbocycles. The summed E-state index contributed by atoms with van der Waals surface area (Å²) in [6, 6.07) is -2.52. The maximum absolute atomic E-state index is 13.9. The first-order valence-corrected chi connectivity index (χ1v) is 32.8. The van der Waals surface area contributed by atoms with Crippen LogP contribution in [0.25, 0.3) is 0 Å². The van der Waals surface area contributed by atoms with Crippen molar-refractivity contribution in [1.29, 1.82) is 0 Å². The number of hydrogen-bond acceptors (Lipinski definition) is 31. The molecule has 6 aliphatic rings.